The maximum atomic E-state index is 12.2. The number of nitrogens with zero attached hydrogens (tertiary/aromatic N) is 2. The number of rotatable bonds is 4. The fourth-order valence-corrected chi connectivity index (χ4v) is 2.75. The van der Waals surface area contributed by atoms with Gasteiger partial charge in [0.15, 0.2) is 0 Å². The first kappa shape index (κ1) is 19.1. The lowest BCUT2D eigenvalue weighted by Crippen LogP contribution is -2.32. The lowest BCUT2D eigenvalue weighted by molar-refractivity contribution is -0.123. The van der Waals surface area contributed by atoms with Crippen LogP contribution in [0.2, 0.25) is 0 Å². The van der Waals surface area contributed by atoms with Gasteiger partial charge in [-0.1, -0.05) is 24.3 Å². The van der Waals surface area contributed by atoms with Crippen LogP contribution in [0, 0.1) is 13.8 Å². The van der Waals surface area contributed by atoms with Crippen LogP contribution in [0.5, 0.6) is 0 Å². The van der Waals surface area contributed by atoms with Crippen molar-refractivity contribution in [2.24, 2.45) is 15.7 Å². The van der Waals surface area contributed by atoms with Crippen molar-refractivity contribution in [1.82, 2.24) is 5.32 Å². The van der Waals surface area contributed by atoms with Crippen LogP contribution in [0.15, 0.2) is 58.5 Å². The molecule has 2 aromatic rings. The van der Waals surface area contributed by atoms with Crippen LogP contribution < -0.4 is 21.7 Å². The second-order valence-corrected chi connectivity index (χ2v) is 6.57. The van der Waals surface area contributed by atoms with E-state index in [9.17, 15) is 9.59 Å². The van der Waals surface area contributed by atoms with E-state index >= 15 is 0 Å². The zero-order valence-electron chi connectivity index (χ0n) is 15.7. The summed E-state index contributed by atoms with van der Waals surface area (Å²) in [5, 5.41) is 8.23. The first-order chi connectivity index (χ1) is 13.4. The number of aryl methyl sites for hydroxylation is 2. The molecule has 0 saturated carbocycles. The van der Waals surface area contributed by atoms with E-state index < -0.39 is 6.04 Å². The number of hydrogen-bond donors (Lipinski definition) is 4. The largest absolute Gasteiger partial charge is 0.369 e. The minimum atomic E-state index is -0.838. The summed E-state index contributed by atoms with van der Waals surface area (Å²) in [6.07, 6.45) is -0.0794. The van der Waals surface area contributed by atoms with E-state index in [1.165, 1.54) is 0 Å². The van der Waals surface area contributed by atoms with Gasteiger partial charge in [-0.2, -0.15) is 4.99 Å². The van der Waals surface area contributed by atoms with Crippen LogP contribution in [-0.2, 0) is 9.59 Å². The number of carbonyl (C=O) groups is 2. The summed E-state index contributed by atoms with van der Waals surface area (Å²) in [4.78, 5) is 32.5. The van der Waals surface area contributed by atoms with Crippen LogP contribution in [-0.4, -0.2) is 29.8 Å². The molecule has 28 heavy (non-hydrogen) atoms. The molecule has 8 heteroatoms. The Morgan fingerprint density at radius 1 is 1.11 bits per heavy atom. The Labute approximate surface area is 163 Å². The van der Waals surface area contributed by atoms with Gasteiger partial charge < -0.3 is 16.4 Å². The van der Waals surface area contributed by atoms with Crippen molar-refractivity contribution >= 4 is 35.1 Å². The third kappa shape index (κ3) is 5.16. The van der Waals surface area contributed by atoms with Crippen LogP contribution in [0.25, 0.3) is 0 Å². The number of nitrogens with two attached hydrogens (primary N) is 1. The standard InChI is InChI=1S/C20H22N6O2/c1-12-5-3-7-14(9-12)22-17(27)11-16-18(28)25-20(24-16)26-19(21)23-15-8-4-6-13(2)10-15/h3-10,16H,11H2,1-2H3,(H,22,27)(H4,21,23,24,25,26,28). The molecule has 0 bridgehead atoms. The number of guanidine groups is 2. The summed E-state index contributed by atoms with van der Waals surface area (Å²) in [6, 6.07) is 14.2. The third-order valence-corrected chi connectivity index (χ3v) is 4.01. The first-order valence-corrected chi connectivity index (χ1v) is 8.82. The van der Waals surface area contributed by atoms with Gasteiger partial charge >= 0.3 is 0 Å². The molecule has 0 aromatic heterocycles. The molecule has 0 spiro atoms. The van der Waals surface area contributed by atoms with Crippen LogP contribution in [0.3, 0.4) is 0 Å². The predicted octanol–water partition coefficient (Wildman–Crippen LogP) is 1.91. The summed E-state index contributed by atoms with van der Waals surface area (Å²) >= 11 is 0. The Kier molecular flexibility index (Phi) is 5.69. The molecule has 0 fully saturated rings. The molecule has 3 rings (SSSR count). The van der Waals surface area contributed by atoms with Crippen LogP contribution >= 0.6 is 0 Å². The minimum absolute atomic E-state index is 0.0794. The van der Waals surface area contributed by atoms with Gasteiger partial charge in [-0.25, -0.2) is 4.99 Å². The van der Waals surface area contributed by atoms with Crippen molar-refractivity contribution in [2.75, 3.05) is 10.6 Å². The number of amides is 2. The highest BCUT2D eigenvalue weighted by molar-refractivity contribution is 6.11. The van der Waals surface area contributed by atoms with Gasteiger partial charge in [-0.15, -0.1) is 0 Å². The maximum Gasteiger partial charge on any atom is 0.252 e. The Bertz CT molecular complexity index is 967. The number of anilines is 2. The summed E-state index contributed by atoms with van der Waals surface area (Å²) < 4.78 is 0. The molecular formula is C20H22N6O2. The molecule has 1 unspecified atom stereocenters. The number of hydrogen-bond acceptors (Lipinski definition) is 4. The normalized spacial score (nSPS) is 16.4. The second kappa shape index (κ2) is 8.34. The summed E-state index contributed by atoms with van der Waals surface area (Å²) in [6.45, 7) is 3.90. The van der Waals surface area contributed by atoms with E-state index in [2.05, 4.69) is 25.9 Å². The van der Waals surface area contributed by atoms with E-state index in [1.54, 1.807) is 6.07 Å². The zero-order valence-corrected chi connectivity index (χ0v) is 15.7. The number of carbonyl (C=O) groups excluding carboxylic acids is 2. The van der Waals surface area contributed by atoms with Gasteiger partial charge in [0.2, 0.25) is 17.8 Å². The quantitative estimate of drug-likeness (QED) is 0.480. The Hall–Kier alpha value is -3.68. The maximum absolute atomic E-state index is 12.2. The van der Waals surface area contributed by atoms with Crippen molar-refractivity contribution in [3.05, 3.63) is 59.7 Å². The number of nitrogens with one attached hydrogen (secondary N) is 3. The van der Waals surface area contributed by atoms with Gasteiger partial charge in [0.25, 0.3) is 5.91 Å². The fourth-order valence-electron chi connectivity index (χ4n) is 2.75. The van der Waals surface area contributed by atoms with Crippen molar-refractivity contribution < 1.29 is 9.59 Å². The summed E-state index contributed by atoms with van der Waals surface area (Å²) in [7, 11) is 0. The minimum Gasteiger partial charge on any atom is -0.369 e. The SMILES string of the molecule is Cc1cccc(NC(=O)CC2N=C(/N=C(\N)Nc3cccc(C)c3)NC2=O)c1. The molecule has 2 amide bonds. The highest BCUT2D eigenvalue weighted by Crippen LogP contribution is 2.13. The first-order valence-electron chi connectivity index (χ1n) is 8.82. The molecule has 144 valence electrons. The highest BCUT2D eigenvalue weighted by Gasteiger charge is 2.28. The molecule has 0 saturated heterocycles. The topological polar surface area (TPSA) is 121 Å². The van der Waals surface area contributed by atoms with Crippen molar-refractivity contribution in [3.8, 4) is 0 Å². The van der Waals surface area contributed by atoms with E-state index in [0.717, 1.165) is 16.8 Å². The summed E-state index contributed by atoms with van der Waals surface area (Å²) in [5.74, 6) is -0.516. The number of aliphatic imine (C=N–C) groups is 2. The highest BCUT2D eigenvalue weighted by atomic mass is 16.2. The fraction of sp³-hybridized carbons (Fsp3) is 0.200. The zero-order chi connectivity index (χ0) is 20.1. The van der Waals surface area contributed by atoms with Gasteiger partial charge in [0.05, 0.1) is 6.42 Å². The van der Waals surface area contributed by atoms with Crippen LogP contribution in [0.1, 0.15) is 17.5 Å². The number of benzene rings is 2. The van der Waals surface area contributed by atoms with Crippen molar-refractivity contribution in [1.29, 1.82) is 0 Å². The Morgan fingerprint density at radius 2 is 1.71 bits per heavy atom. The lowest BCUT2D eigenvalue weighted by Gasteiger charge is -2.07. The van der Waals surface area contributed by atoms with Gasteiger partial charge in [0.1, 0.15) is 6.04 Å². The van der Waals surface area contributed by atoms with E-state index in [0.29, 0.717) is 5.69 Å². The Balaban J connectivity index is 1.61. The van der Waals surface area contributed by atoms with Gasteiger partial charge in [-0.3, -0.25) is 14.9 Å². The van der Waals surface area contributed by atoms with Crippen LogP contribution in [0.4, 0.5) is 11.4 Å². The molecule has 1 heterocycles. The molecule has 1 aliphatic rings. The molecule has 1 aliphatic heterocycles. The van der Waals surface area contributed by atoms with E-state index in [-0.39, 0.29) is 30.2 Å². The average molecular weight is 378 g/mol. The molecule has 8 nitrogen and oxygen atoms in total. The molecule has 2 aromatic carbocycles. The summed E-state index contributed by atoms with van der Waals surface area (Å²) in [5.41, 5.74) is 9.43. The van der Waals surface area contributed by atoms with E-state index in [4.69, 9.17) is 5.73 Å². The monoisotopic (exact) mass is 378 g/mol. The van der Waals surface area contributed by atoms with E-state index in [1.807, 2.05) is 56.3 Å². The third-order valence-electron chi connectivity index (χ3n) is 4.01. The smallest absolute Gasteiger partial charge is 0.252 e. The Morgan fingerprint density at radius 3 is 2.32 bits per heavy atom. The molecular weight excluding hydrogens is 356 g/mol. The lowest BCUT2D eigenvalue weighted by atomic mass is 10.2. The molecule has 1 atom stereocenters. The molecule has 5 N–H and O–H groups in total. The van der Waals surface area contributed by atoms with Gasteiger partial charge in [0, 0.05) is 11.4 Å². The predicted molar refractivity (Wildman–Crippen MR) is 110 cm³/mol. The second-order valence-electron chi connectivity index (χ2n) is 6.57. The van der Waals surface area contributed by atoms with Crippen molar-refractivity contribution in [2.45, 2.75) is 26.3 Å². The average Bonchev–Trinajstić information content (AvgIpc) is 2.93. The van der Waals surface area contributed by atoms with Crippen molar-refractivity contribution in [3.63, 3.8) is 0 Å². The van der Waals surface area contributed by atoms with Gasteiger partial charge in [-0.05, 0) is 49.2 Å². The molecule has 0 aliphatic carbocycles. The molecule has 0 radical (unpaired) electrons.